The number of nitrogens with one attached hydrogen (secondary N) is 2. The molecule has 0 fully saturated rings. The van der Waals surface area contributed by atoms with E-state index in [9.17, 15) is 23.5 Å². The number of amides is 1. The second-order valence-electron chi connectivity index (χ2n) is 6.68. The van der Waals surface area contributed by atoms with Crippen LogP contribution in [-0.2, 0) is 5.75 Å². The molecule has 1 aliphatic heterocycles. The minimum atomic E-state index is -0.991. The van der Waals surface area contributed by atoms with E-state index in [1.807, 2.05) is 24.3 Å². The van der Waals surface area contributed by atoms with Gasteiger partial charge in [0.1, 0.15) is 0 Å². The van der Waals surface area contributed by atoms with Crippen LogP contribution in [0.25, 0.3) is 0 Å². The second kappa shape index (κ2) is 7.83. The van der Waals surface area contributed by atoms with Crippen molar-refractivity contribution in [3.63, 3.8) is 0 Å². The Labute approximate surface area is 174 Å². The highest BCUT2D eigenvalue weighted by Crippen LogP contribution is 2.40. The monoisotopic (exact) mass is 429 g/mol. The first-order valence-corrected chi connectivity index (χ1v) is 10.0. The van der Waals surface area contributed by atoms with E-state index >= 15 is 0 Å². The van der Waals surface area contributed by atoms with Gasteiger partial charge in [-0.15, -0.1) is 11.8 Å². The number of nitrogens with zero attached hydrogens (tertiary/aromatic N) is 1. The van der Waals surface area contributed by atoms with Crippen LogP contribution in [0.15, 0.2) is 58.4 Å². The van der Waals surface area contributed by atoms with E-state index in [1.165, 1.54) is 29.7 Å². The van der Waals surface area contributed by atoms with Gasteiger partial charge in [0.25, 0.3) is 5.91 Å². The van der Waals surface area contributed by atoms with Crippen molar-refractivity contribution < 1.29 is 18.7 Å². The summed E-state index contributed by atoms with van der Waals surface area (Å²) < 4.78 is 29.3. The molecule has 1 unspecified atom stereocenters. The van der Waals surface area contributed by atoms with E-state index in [4.69, 9.17) is 0 Å². The molecule has 2 heterocycles. The summed E-state index contributed by atoms with van der Waals surface area (Å²) in [6, 6.07) is 10.2. The molecule has 3 N–H and O–H groups in total. The van der Waals surface area contributed by atoms with Gasteiger partial charge < -0.3 is 15.8 Å². The Morgan fingerprint density at radius 2 is 1.90 bits per heavy atom. The second-order valence-corrected chi connectivity index (χ2v) is 7.70. The van der Waals surface area contributed by atoms with Crippen molar-refractivity contribution >= 4 is 17.7 Å². The summed E-state index contributed by atoms with van der Waals surface area (Å²) in [6.45, 7) is 0. The van der Waals surface area contributed by atoms with Gasteiger partial charge in [-0.3, -0.25) is 14.3 Å². The molecule has 0 radical (unpaired) electrons. The van der Waals surface area contributed by atoms with Crippen molar-refractivity contribution in [2.24, 2.45) is 0 Å². The first kappa shape index (κ1) is 20.0. The molecule has 0 saturated carbocycles. The predicted octanol–water partition coefficient (Wildman–Crippen LogP) is 3.13. The van der Waals surface area contributed by atoms with Gasteiger partial charge in [-0.1, -0.05) is 24.3 Å². The summed E-state index contributed by atoms with van der Waals surface area (Å²) >= 11 is 1.38. The first-order valence-electron chi connectivity index (χ1n) is 9.03. The number of aromatic hydroxyl groups is 1. The van der Waals surface area contributed by atoms with E-state index in [2.05, 4.69) is 10.7 Å². The highest BCUT2D eigenvalue weighted by molar-refractivity contribution is 7.98. The van der Waals surface area contributed by atoms with Crippen molar-refractivity contribution in [1.82, 2.24) is 9.99 Å². The average Bonchev–Trinajstić information content (AvgIpc) is 2.88. The Kier molecular flexibility index (Phi) is 5.21. The zero-order valence-corrected chi connectivity index (χ0v) is 16.6. The van der Waals surface area contributed by atoms with Gasteiger partial charge in [0.15, 0.2) is 23.1 Å². The van der Waals surface area contributed by atoms with Crippen LogP contribution in [0.2, 0.25) is 0 Å². The smallest absolute Gasteiger partial charge is 0.273 e. The van der Waals surface area contributed by atoms with Gasteiger partial charge in [-0.05, 0) is 28.8 Å². The lowest BCUT2D eigenvalue weighted by Gasteiger charge is -2.25. The van der Waals surface area contributed by atoms with Crippen LogP contribution in [0.4, 0.5) is 8.78 Å². The molecule has 1 atom stereocenters. The molecule has 30 heavy (non-hydrogen) atoms. The Morgan fingerprint density at radius 3 is 2.67 bits per heavy atom. The molecule has 6 nitrogen and oxygen atoms in total. The standard InChI is InChI=1S/C21H17F2N3O3S/c1-24-21(29)19-20(28)16(27)6-7-26(19)25-18-12-5-3-2-4-11(12)10-30-17-9-15(23)14(22)8-13(17)18/h2-9,18,25,28H,10H2,1H3,(H,24,29). The fourth-order valence-electron chi connectivity index (χ4n) is 3.41. The number of hydrogen-bond acceptors (Lipinski definition) is 5. The largest absolute Gasteiger partial charge is 0.502 e. The minimum absolute atomic E-state index is 0.288. The predicted molar refractivity (Wildman–Crippen MR) is 109 cm³/mol. The fourth-order valence-corrected chi connectivity index (χ4v) is 4.52. The van der Waals surface area contributed by atoms with Crippen LogP contribution in [0.5, 0.6) is 5.75 Å². The van der Waals surface area contributed by atoms with Gasteiger partial charge in [-0.25, -0.2) is 8.78 Å². The Hall–Kier alpha value is -3.33. The molecule has 3 aromatic rings. The highest BCUT2D eigenvalue weighted by Gasteiger charge is 2.27. The van der Waals surface area contributed by atoms with E-state index in [0.29, 0.717) is 16.2 Å². The number of carbonyl (C=O) groups is 1. The zero-order valence-electron chi connectivity index (χ0n) is 15.8. The van der Waals surface area contributed by atoms with Crippen LogP contribution in [0.3, 0.4) is 0 Å². The first-order chi connectivity index (χ1) is 14.4. The summed E-state index contributed by atoms with van der Waals surface area (Å²) in [5.41, 5.74) is 4.31. The molecular weight excluding hydrogens is 412 g/mol. The maximum Gasteiger partial charge on any atom is 0.273 e. The summed E-state index contributed by atoms with van der Waals surface area (Å²) in [5.74, 6) is -2.79. The van der Waals surface area contributed by atoms with Crippen molar-refractivity contribution in [2.45, 2.75) is 16.7 Å². The quantitative estimate of drug-likeness (QED) is 0.596. The third-order valence-electron chi connectivity index (χ3n) is 4.90. The lowest BCUT2D eigenvalue weighted by atomic mass is 9.95. The molecule has 0 spiro atoms. The summed E-state index contributed by atoms with van der Waals surface area (Å²) in [4.78, 5) is 24.7. The molecule has 0 aliphatic carbocycles. The lowest BCUT2D eigenvalue weighted by molar-refractivity contribution is 0.0950. The molecule has 0 bridgehead atoms. The number of pyridine rings is 1. The van der Waals surface area contributed by atoms with Gasteiger partial charge in [0, 0.05) is 30.0 Å². The van der Waals surface area contributed by atoms with Crippen LogP contribution in [-0.4, -0.2) is 22.7 Å². The number of halogens is 2. The molecule has 1 amide bonds. The minimum Gasteiger partial charge on any atom is -0.502 e. The van der Waals surface area contributed by atoms with Crippen molar-refractivity contribution in [1.29, 1.82) is 0 Å². The fraction of sp³-hybridized carbons (Fsp3) is 0.143. The molecule has 1 aromatic heterocycles. The maximum absolute atomic E-state index is 14.1. The third kappa shape index (κ3) is 3.41. The van der Waals surface area contributed by atoms with Crippen molar-refractivity contribution in [2.75, 3.05) is 12.5 Å². The molecule has 154 valence electrons. The van der Waals surface area contributed by atoms with E-state index in [1.54, 1.807) is 0 Å². The number of carbonyl (C=O) groups excluding carboxylic acids is 1. The SMILES string of the molecule is CNC(=O)c1c(O)c(=O)ccn1NC1c2ccccc2CSc2cc(F)c(F)cc21. The average molecular weight is 429 g/mol. The van der Waals surface area contributed by atoms with Gasteiger partial charge in [-0.2, -0.15) is 0 Å². The van der Waals surface area contributed by atoms with Crippen LogP contribution >= 0.6 is 11.8 Å². The molecule has 2 aromatic carbocycles. The Bertz CT molecular complexity index is 1210. The number of rotatable bonds is 3. The number of fused-ring (bicyclic) bond motifs is 2. The molecule has 9 heteroatoms. The van der Waals surface area contributed by atoms with Crippen molar-refractivity contribution in [3.05, 3.63) is 92.9 Å². The number of benzene rings is 2. The Balaban J connectivity index is 1.92. The molecule has 1 aliphatic rings. The van der Waals surface area contributed by atoms with E-state index in [-0.39, 0.29) is 5.69 Å². The number of thioether (sulfide) groups is 1. The normalized spacial score (nSPS) is 15.0. The van der Waals surface area contributed by atoms with Crippen molar-refractivity contribution in [3.8, 4) is 5.75 Å². The van der Waals surface area contributed by atoms with Gasteiger partial charge >= 0.3 is 0 Å². The van der Waals surface area contributed by atoms with Crippen LogP contribution < -0.4 is 16.2 Å². The number of hydrogen-bond donors (Lipinski definition) is 3. The van der Waals surface area contributed by atoms with E-state index < -0.39 is 34.8 Å². The number of aromatic nitrogens is 1. The Morgan fingerprint density at radius 1 is 1.17 bits per heavy atom. The van der Waals surface area contributed by atoms with Gasteiger partial charge in [0.2, 0.25) is 5.43 Å². The van der Waals surface area contributed by atoms with Crippen LogP contribution in [0, 0.1) is 11.6 Å². The molecular formula is C21H17F2N3O3S. The zero-order chi connectivity index (χ0) is 21.4. The van der Waals surface area contributed by atoms with E-state index in [0.717, 1.165) is 29.3 Å². The molecule has 4 rings (SSSR count). The topological polar surface area (TPSA) is 83.4 Å². The highest BCUT2D eigenvalue weighted by atomic mass is 32.2. The van der Waals surface area contributed by atoms with Gasteiger partial charge in [0.05, 0.1) is 6.04 Å². The third-order valence-corrected chi connectivity index (χ3v) is 6.02. The summed E-state index contributed by atoms with van der Waals surface area (Å²) in [6.07, 6.45) is 1.31. The van der Waals surface area contributed by atoms with Crippen LogP contribution in [0.1, 0.15) is 33.2 Å². The summed E-state index contributed by atoms with van der Waals surface area (Å²) in [7, 11) is 1.37. The summed E-state index contributed by atoms with van der Waals surface area (Å²) in [5, 5.41) is 12.6. The molecule has 0 saturated heterocycles. The lowest BCUT2D eigenvalue weighted by Crippen LogP contribution is -2.32. The maximum atomic E-state index is 14.1.